The van der Waals surface area contributed by atoms with Crippen molar-refractivity contribution in [2.45, 2.75) is 25.2 Å². The number of nitrogens with one attached hydrogen (secondary N) is 2. The number of ether oxygens (including phenoxy) is 2. The van der Waals surface area contributed by atoms with E-state index >= 15 is 0 Å². The minimum atomic E-state index is -0.279. The summed E-state index contributed by atoms with van der Waals surface area (Å²) >= 11 is 3.34. The number of hydrogen-bond donors (Lipinski definition) is 2. The van der Waals surface area contributed by atoms with Crippen LogP contribution in [-0.2, 0) is 14.9 Å². The molecule has 1 saturated heterocycles. The van der Waals surface area contributed by atoms with Crippen LogP contribution in [0.4, 0.5) is 0 Å². The zero-order valence-corrected chi connectivity index (χ0v) is 18.7. The molecule has 0 unspecified atom stereocenters. The molecule has 7 heteroatoms. The van der Waals surface area contributed by atoms with E-state index in [1.807, 2.05) is 25.1 Å². The minimum Gasteiger partial charge on any atom is -0.494 e. The normalized spacial score (nSPS) is 15.3. The molecule has 1 heterocycles. The lowest BCUT2D eigenvalue weighted by Gasteiger charge is -2.38. The molecule has 0 bridgehead atoms. The van der Waals surface area contributed by atoms with Crippen molar-refractivity contribution >= 4 is 27.7 Å². The van der Waals surface area contributed by atoms with Gasteiger partial charge in [0.15, 0.2) is 0 Å². The summed E-state index contributed by atoms with van der Waals surface area (Å²) in [7, 11) is 0. The number of rotatable bonds is 8. The van der Waals surface area contributed by atoms with Crippen molar-refractivity contribution < 1.29 is 19.1 Å². The van der Waals surface area contributed by atoms with Crippen molar-refractivity contribution in [3.05, 3.63) is 64.1 Å². The molecule has 2 aromatic rings. The fourth-order valence-electron chi connectivity index (χ4n) is 3.62. The predicted molar refractivity (Wildman–Crippen MR) is 119 cm³/mol. The van der Waals surface area contributed by atoms with Crippen molar-refractivity contribution in [2.75, 3.05) is 32.9 Å². The third-order valence-corrected chi connectivity index (χ3v) is 5.84. The van der Waals surface area contributed by atoms with Gasteiger partial charge in [-0.3, -0.25) is 9.59 Å². The number of carbonyl (C=O) groups excluding carboxylic acids is 2. The zero-order chi connectivity index (χ0) is 21.4. The Hall–Kier alpha value is -2.38. The first-order valence-corrected chi connectivity index (χ1v) is 10.9. The van der Waals surface area contributed by atoms with Crippen LogP contribution in [-0.4, -0.2) is 44.7 Å². The Morgan fingerprint density at radius 3 is 2.50 bits per heavy atom. The van der Waals surface area contributed by atoms with E-state index in [1.165, 1.54) is 0 Å². The van der Waals surface area contributed by atoms with Gasteiger partial charge in [0, 0.05) is 35.2 Å². The van der Waals surface area contributed by atoms with Crippen molar-refractivity contribution in [1.29, 1.82) is 0 Å². The van der Waals surface area contributed by atoms with E-state index in [-0.39, 0.29) is 23.8 Å². The van der Waals surface area contributed by atoms with Crippen LogP contribution in [0.2, 0.25) is 0 Å². The second-order valence-electron chi connectivity index (χ2n) is 7.32. The molecule has 160 valence electrons. The summed E-state index contributed by atoms with van der Waals surface area (Å²) in [6, 6.07) is 15.1. The average molecular weight is 475 g/mol. The Balaban J connectivity index is 1.58. The smallest absolute Gasteiger partial charge is 0.251 e. The molecule has 1 aliphatic heterocycles. The quantitative estimate of drug-likeness (QED) is 0.614. The van der Waals surface area contributed by atoms with Crippen LogP contribution in [0.1, 0.15) is 35.7 Å². The Morgan fingerprint density at radius 1 is 1.10 bits per heavy atom. The van der Waals surface area contributed by atoms with Crippen LogP contribution in [0.15, 0.2) is 53.0 Å². The molecule has 3 rings (SSSR count). The van der Waals surface area contributed by atoms with Gasteiger partial charge in [-0.05, 0) is 55.7 Å². The molecule has 2 aromatic carbocycles. The van der Waals surface area contributed by atoms with Gasteiger partial charge < -0.3 is 20.1 Å². The van der Waals surface area contributed by atoms with Crippen molar-refractivity contribution in [3.8, 4) is 5.75 Å². The van der Waals surface area contributed by atoms with Crippen LogP contribution in [0, 0.1) is 0 Å². The lowest BCUT2D eigenvalue weighted by Crippen LogP contribution is -2.47. The van der Waals surface area contributed by atoms with Gasteiger partial charge in [-0.2, -0.15) is 0 Å². The van der Waals surface area contributed by atoms with Crippen LogP contribution in [0.25, 0.3) is 0 Å². The van der Waals surface area contributed by atoms with Gasteiger partial charge in [-0.1, -0.05) is 34.1 Å². The Bertz CT molecular complexity index is 864. The molecular weight excluding hydrogens is 448 g/mol. The lowest BCUT2D eigenvalue weighted by molar-refractivity contribution is -0.120. The number of halogens is 1. The molecule has 0 saturated carbocycles. The van der Waals surface area contributed by atoms with Crippen LogP contribution in [0.5, 0.6) is 5.75 Å². The molecule has 30 heavy (non-hydrogen) atoms. The summed E-state index contributed by atoms with van der Waals surface area (Å²) in [5.74, 6) is 0.344. The van der Waals surface area contributed by atoms with E-state index in [2.05, 4.69) is 38.7 Å². The summed E-state index contributed by atoms with van der Waals surface area (Å²) in [6.07, 6.45) is 1.65. The molecular formula is C23H27BrN2O4. The first-order chi connectivity index (χ1) is 14.5. The van der Waals surface area contributed by atoms with Gasteiger partial charge in [0.2, 0.25) is 5.91 Å². The molecule has 2 N–H and O–H groups in total. The number of carbonyl (C=O) groups is 2. The zero-order valence-electron chi connectivity index (χ0n) is 17.1. The van der Waals surface area contributed by atoms with Gasteiger partial charge >= 0.3 is 0 Å². The van der Waals surface area contributed by atoms with Gasteiger partial charge in [0.25, 0.3) is 5.91 Å². The van der Waals surface area contributed by atoms with Crippen LogP contribution >= 0.6 is 15.9 Å². The Kier molecular flexibility index (Phi) is 7.87. The highest BCUT2D eigenvalue weighted by Gasteiger charge is 2.34. The van der Waals surface area contributed by atoms with Crippen LogP contribution in [0.3, 0.4) is 0 Å². The highest BCUT2D eigenvalue weighted by Crippen LogP contribution is 2.35. The first kappa shape index (κ1) is 22.3. The maximum atomic E-state index is 12.4. The largest absolute Gasteiger partial charge is 0.494 e. The van der Waals surface area contributed by atoms with E-state index in [9.17, 15) is 9.59 Å². The van der Waals surface area contributed by atoms with Crippen molar-refractivity contribution in [3.63, 3.8) is 0 Å². The number of benzene rings is 2. The molecule has 0 aliphatic carbocycles. The fourth-order valence-corrected chi connectivity index (χ4v) is 4.02. The van der Waals surface area contributed by atoms with Gasteiger partial charge in [0.1, 0.15) is 5.75 Å². The Labute approximate surface area is 185 Å². The summed E-state index contributed by atoms with van der Waals surface area (Å²) in [5, 5.41) is 5.67. The maximum Gasteiger partial charge on any atom is 0.251 e. The topological polar surface area (TPSA) is 76.7 Å². The summed E-state index contributed by atoms with van der Waals surface area (Å²) in [5.41, 5.74) is 1.48. The summed E-state index contributed by atoms with van der Waals surface area (Å²) in [4.78, 5) is 24.7. The minimum absolute atomic E-state index is 0.0682. The maximum absolute atomic E-state index is 12.4. The van der Waals surface area contributed by atoms with E-state index < -0.39 is 0 Å². The standard InChI is InChI=1S/C23H27BrN2O4/c1-2-30-20-8-6-18(7-9-20)23(10-12-29-13-11-23)16-26-21(27)15-25-22(28)17-4-3-5-19(24)14-17/h3-9,14H,2,10-13,15-16H2,1H3,(H,25,28)(H,26,27). The fraction of sp³-hybridized carbons (Fsp3) is 0.391. The van der Waals surface area contributed by atoms with E-state index in [0.29, 0.717) is 31.9 Å². The molecule has 6 nitrogen and oxygen atoms in total. The summed E-state index contributed by atoms with van der Waals surface area (Å²) < 4.78 is 11.9. The molecule has 0 radical (unpaired) electrons. The second-order valence-corrected chi connectivity index (χ2v) is 8.24. The molecule has 0 spiro atoms. The second kappa shape index (κ2) is 10.6. The van der Waals surface area contributed by atoms with Crippen molar-refractivity contribution in [1.82, 2.24) is 10.6 Å². The van der Waals surface area contributed by atoms with E-state index in [4.69, 9.17) is 9.47 Å². The lowest BCUT2D eigenvalue weighted by atomic mass is 9.74. The molecule has 1 aliphatic rings. The highest BCUT2D eigenvalue weighted by molar-refractivity contribution is 9.10. The average Bonchev–Trinajstić information content (AvgIpc) is 2.77. The first-order valence-electron chi connectivity index (χ1n) is 10.1. The van der Waals surface area contributed by atoms with E-state index in [1.54, 1.807) is 18.2 Å². The molecule has 0 atom stereocenters. The number of amides is 2. The summed E-state index contributed by atoms with van der Waals surface area (Å²) in [6.45, 7) is 4.32. The monoisotopic (exact) mass is 474 g/mol. The molecule has 1 fully saturated rings. The van der Waals surface area contributed by atoms with Gasteiger partial charge in [-0.25, -0.2) is 0 Å². The SMILES string of the molecule is CCOc1ccc(C2(CNC(=O)CNC(=O)c3cccc(Br)c3)CCOCC2)cc1. The van der Waals surface area contributed by atoms with Crippen molar-refractivity contribution in [2.24, 2.45) is 0 Å². The third-order valence-electron chi connectivity index (χ3n) is 5.35. The van der Waals surface area contributed by atoms with Gasteiger partial charge in [0.05, 0.1) is 13.2 Å². The van der Waals surface area contributed by atoms with Crippen LogP contribution < -0.4 is 15.4 Å². The molecule has 2 amide bonds. The molecule has 0 aromatic heterocycles. The predicted octanol–water partition coefficient (Wildman–Crippen LogP) is 3.44. The Morgan fingerprint density at radius 2 is 1.83 bits per heavy atom. The third kappa shape index (κ3) is 5.83. The van der Waals surface area contributed by atoms with Gasteiger partial charge in [-0.15, -0.1) is 0 Å². The van der Waals surface area contributed by atoms with E-state index in [0.717, 1.165) is 28.6 Å². The number of hydrogen-bond acceptors (Lipinski definition) is 4. The highest BCUT2D eigenvalue weighted by atomic mass is 79.9.